The number of hydrogen-bond donors (Lipinski definition) is 1. The summed E-state index contributed by atoms with van der Waals surface area (Å²) in [5.41, 5.74) is 1.52. The molecule has 0 aliphatic carbocycles. The number of amides is 2. The van der Waals surface area contributed by atoms with Crippen LogP contribution in [0.5, 0.6) is 0 Å². The van der Waals surface area contributed by atoms with Crippen LogP contribution in [-0.4, -0.2) is 43.3 Å². The lowest BCUT2D eigenvalue weighted by atomic mass is 10.0. The van der Waals surface area contributed by atoms with Crippen LogP contribution in [0, 0.1) is 24.5 Å². The molecule has 4 rings (SSSR count). The molecule has 2 aromatic carbocycles. The summed E-state index contributed by atoms with van der Waals surface area (Å²) in [5, 5.41) is 2.67. The number of nitrogens with one attached hydrogen (secondary N) is 1. The lowest BCUT2D eigenvalue weighted by Gasteiger charge is -2.29. The monoisotopic (exact) mass is 503 g/mol. The van der Waals surface area contributed by atoms with Gasteiger partial charge in [0.2, 0.25) is 11.8 Å². The van der Waals surface area contributed by atoms with Gasteiger partial charge in [-0.1, -0.05) is 12.1 Å². The van der Waals surface area contributed by atoms with Crippen LogP contribution in [0.15, 0.2) is 53.5 Å². The Kier molecular flexibility index (Phi) is 6.97. The van der Waals surface area contributed by atoms with E-state index < -0.39 is 45.7 Å². The molecule has 2 amide bonds. The molecule has 1 aliphatic rings. The van der Waals surface area contributed by atoms with Gasteiger partial charge in [0.05, 0.1) is 17.2 Å². The van der Waals surface area contributed by atoms with E-state index in [4.69, 9.17) is 4.42 Å². The number of oxazole rings is 1. The second-order valence-corrected chi connectivity index (χ2v) is 10.7. The molecule has 0 spiro atoms. The first-order valence-corrected chi connectivity index (χ1v) is 12.7. The summed E-state index contributed by atoms with van der Waals surface area (Å²) in [7, 11) is -3.22. The number of carbonyl (C=O) groups is 2. The van der Waals surface area contributed by atoms with Crippen molar-refractivity contribution in [3.8, 4) is 11.3 Å². The number of sulfone groups is 1. The van der Waals surface area contributed by atoms with E-state index in [0.717, 1.165) is 22.6 Å². The number of carbonyl (C=O) groups excluding carboxylic acids is 2. The summed E-state index contributed by atoms with van der Waals surface area (Å²) in [5.74, 6) is -3.84. The van der Waals surface area contributed by atoms with Gasteiger partial charge in [-0.2, -0.15) is 0 Å². The third-order valence-electron chi connectivity index (χ3n) is 5.95. The molecule has 8 nitrogen and oxygen atoms in total. The Morgan fingerprint density at radius 3 is 2.31 bits per heavy atom. The molecule has 0 bridgehead atoms. The number of benzene rings is 2. The first kappa shape index (κ1) is 24.5. The molecule has 1 aliphatic heterocycles. The molecule has 0 saturated carbocycles. The number of anilines is 2. The number of halogens is 2. The van der Waals surface area contributed by atoms with Gasteiger partial charge < -0.3 is 14.6 Å². The van der Waals surface area contributed by atoms with Crippen molar-refractivity contribution in [3.63, 3.8) is 0 Å². The smallest absolute Gasteiger partial charge is 0.244 e. The number of nitrogens with zero attached hydrogens (tertiary/aromatic N) is 2. The first-order chi connectivity index (χ1) is 16.6. The summed E-state index contributed by atoms with van der Waals surface area (Å²) < 4.78 is 57.0. The van der Waals surface area contributed by atoms with E-state index in [2.05, 4.69) is 10.3 Å². The molecule has 1 aromatic heterocycles. The van der Waals surface area contributed by atoms with E-state index in [-0.39, 0.29) is 35.6 Å². The molecule has 3 aromatic rings. The minimum Gasteiger partial charge on any atom is -0.451 e. The van der Waals surface area contributed by atoms with Crippen molar-refractivity contribution < 1.29 is 31.2 Å². The summed E-state index contributed by atoms with van der Waals surface area (Å²) in [4.78, 5) is 31.1. The topological polar surface area (TPSA) is 110 Å². The van der Waals surface area contributed by atoms with Crippen LogP contribution in [0.2, 0.25) is 0 Å². The molecule has 0 unspecified atom stereocenters. The molecule has 0 radical (unpaired) electrons. The van der Waals surface area contributed by atoms with Crippen molar-refractivity contribution in [1.82, 2.24) is 4.98 Å². The minimum absolute atomic E-state index is 0.0830. The Morgan fingerprint density at radius 2 is 1.74 bits per heavy atom. The van der Waals surface area contributed by atoms with Crippen molar-refractivity contribution in [3.05, 3.63) is 66.3 Å². The van der Waals surface area contributed by atoms with Crippen LogP contribution < -0.4 is 10.2 Å². The minimum atomic E-state index is -3.22. The highest BCUT2D eigenvalue weighted by Gasteiger charge is 2.33. The molecule has 1 saturated heterocycles. The van der Waals surface area contributed by atoms with Gasteiger partial charge in [-0.3, -0.25) is 9.59 Å². The van der Waals surface area contributed by atoms with Crippen LogP contribution in [-0.2, 0) is 19.4 Å². The fourth-order valence-corrected chi connectivity index (χ4v) is 5.36. The van der Waals surface area contributed by atoms with Gasteiger partial charge in [0, 0.05) is 22.7 Å². The van der Waals surface area contributed by atoms with E-state index in [9.17, 15) is 26.8 Å². The molecule has 11 heteroatoms. The molecular formula is C24H23F2N3O5S. The third-order valence-corrected chi connectivity index (χ3v) is 7.66. The second-order valence-electron chi connectivity index (χ2n) is 8.38. The lowest BCUT2D eigenvalue weighted by Crippen LogP contribution is -2.43. The van der Waals surface area contributed by atoms with E-state index in [1.54, 1.807) is 24.3 Å². The van der Waals surface area contributed by atoms with Crippen LogP contribution in [0.1, 0.15) is 18.4 Å². The molecule has 0 atom stereocenters. The van der Waals surface area contributed by atoms with Gasteiger partial charge in [-0.15, -0.1) is 0 Å². The number of hydrogen-bond acceptors (Lipinski definition) is 6. The molecule has 2 heterocycles. The van der Waals surface area contributed by atoms with Gasteiger partial charge in [0.25, 0.3) is 0 Å². The fraction of sp³-hybridized carbons (Fsp3) is 0.292. The van der Waals surface area contributed by atoms with Crippen molar-refractivity contribution in [2.45, 2.75) is 19.8 Å². The van der Waals surface area contributed by atoms with Gasteiger partial charge >= 0.3 is 0 Å². The van der Waals surface area contributed by atoms with Crippen molar-refractivity contribution >= 4 is 33.0 Å². The average Bonchev–Trinajstić information content (AvgIpc) is 3.36. The second kappa shape index (κ2) is 9.95. The summed E-state index contributed by atoms with van der Waals surface area (Å²) in [6.07, 6.45) is 2.95. The number of aromatic nitrogens is 1. The Morgan fingerprint density at radius 1 is 1.11 bits per heavy atom. The quantitative estimate of drug-likeness (QED) is 0.549. The van der Waals surface area contributed by atoms with Gasteiger partial charge in [0.1, 0.15) is 40.0 Å². The zero-order chi connectivity index (χ0) is 25.2. The van der Waals surface area contributed by atoms with E-state index in [0.29, 0.717) is 11.4 Å². The van der Waals surface area contributed by atoms with Gasteiger partial charge in [0.15, 0.2) is 6.39 Å². The zero-order valence-electron chi connectivity index (χ0n) is 18.8. The predicted octanol–water partition coefficient (Wildman–Crippen LogP) is 3.72. The summed E-state index contributed by atoms with van der Waals surface area (Å²) in [6, 6.07) is 8.73. The third kappa shape index (κ3) is 5.73. The maximum atomic E-state index is 14.3. The van der Waals surface area contributed by atoms with Crippen LogP contribution in [0.3, 0.4) is 0 Å². The lowest BCUT2D eigenvalue weighted by molar-refractivity contribution is -0.124. The first-order valence-electron chi connectivity index (χ1n) is 10.9. The van der Waals surface area contributed by atoms with Crippen molar-refractivity contribution in [1.29, 1.82) is 0 Å². The largest absolute Gasteiger partial charge is 0.451 e. The average molecular weight is 504 g/mol. The standard InChI is InChI=1S/C24H23F2N3O5S/c1-15-20(25)10-19(11-21(15)26)29(24(31)17-6-8-35(32,33)9-7-17)12-23(30)28-18-4-2-16(3-5-18)22-13-34-14-27-22/h2-5,10-11,13-14,17H,6-9,12H2,1H3,(H,28,30). The van der Waals surface area contributed by atoms with E-state index >= 15 is 0 Å². The van der Waals surface area contributed by atoms with Crippen LogP contribution in [0.25, 0.3) is 11.3 Å². The van der Waals surface area contributed by atoms with Crippen LogP contribution >= 0.6 is 0 Å². The zero-order valence-corrected chi connectivity index (χ0v) is 19.6. The summed E-state index contributed by atoms with van der Waals surface area (Å²) in [6.45, 7) is 0.761. The molecular weight excluding hydrogens is 480 g/mol. The Labute approximate surface area is 200 Å². The maximum Gasteiger partial charge on any atom is 0.244 e. The van der Waals surface area contributed by atoms with Crippen molar-refractivity contribution in [2.24, 2.45) is 5.92 Å². The predicted molar refractivity (Wildman–Crippen MR) is 125 cm³/mol. The van der Waals surface area contributed by atoms with Crippen LogP contribution in [0.4, 0.5) is 20.2 Å². The Hall–Kier alpha value is -3.60. The van der Waals surface area contributed by atoms with E-state index in [1.165, 1.54) is 19.6 Å². The highest BCUT2D eigenvalue weighted by Crippen LogP contribution is 2.27. The molecule has 35 heavy (non-hydrogen) atoms. The van der Waals surface area contributed by atoms with Crippen molar-refractivity contribution in [2.75, 3.05) is 28.3 Å². The normalized spacial score (nSPS) is 15.5. The fourth-order valence-electron chi connectivity index (χ4n) is 3.87. The van der Waals surface area contributed by atoms with Gasteiger partial charge in [-0.25, -0.2) is 22.2 Å². The molecule has 184 valence electrons. The van der Waals surface area contributed by atoms with E-state index in [1.807, 2.05) is 0 Å². The molecule has 1 N–H and O–H groups in total. The highest BCUT2D eigenvalue weighted by atomic mass is 32.2. The Bertz CT molecular complexity index is 1300. The summed E-state index contributed by atoms with van der Waals surface area (Å²) >= 11 is 0. The molecule has 1 fully saturated rings. The Balaban J connectivity index is 1.54. The van der Waals surface area contributed by atoms with Gasteiger partial charge in [-0.05, 0) is 44.0 Å². The highest BCUT2D eigenvalue weighted by molar-refractivity contribution is 7.91. The maximum absolute atomic E-state index is 14.3. The number of rotatable bonds is 6. The SMILES string of the molecule is Cc1c(F)cc(N(CC(=O)Nc2ccc(-c3cocn3)cc2)C(=O)C2CCS(=O)(=O)CC2)cc1F.